The van der Waals surface area contributed by atoms with Crippen molar-refractivity contribution in [3.8, 4) is 0 Å². The molecule has 3 aliphatic rings. The summed E-state index contributed by atoms with van der Waals surface area (Å²) in [6, 6.07) is 10.9. The van der Waals surface area contributed by atoms with E-state index in [1.54, 1.807) is 0 Å². The first-order valence-electron chi connectivity index (χ1n) is 9.24. The summed E-state index contributed by atoms with van der Waals surface area (Å²) in [5.74, 6) is 0.889. The van der Waals surface area contributed by atoms with E-state index < -0.39 is 0 Å². The first kappa shape index (κ1) is 15.9. The Morgan fingerprint density at radius 2 is 1.79 bits per heavy atom. The van der Waals surface area contributed by atoms with Gasteiger partial charge in [0.15, 0.2) is 0 Å². The van der Waals surface area contributed by atoms with Crippen molar-refractivity contribution >= 4 is 11.7 Å². The van der Waals surface area contributed by atoms with Crippen LogP contribution in [0.4, 0.5) is 10.5 Å². The van der Waals surface area contributed by atoms with E-state index in [0.717, 1.165) is 50.8 Å². The van der Waals surface area contributed by atoms with E-state index >= 15 is 0 Å². The Labute approximate surface area is 144 Å². The van der Waals surface area contributed by atoms with Gasteiger partial charge in [-0.2, -0.15) is 0 Å². The van der Waals surface area contributed by atoms with Crippen LogP contribution < -0.4 is 5.32 Å². The van der Waals surface area contributed by atoms with E-state index in [4.69, 9.17) is 4.74 Å². The van der Waals surface area contributed by atoms with Gasteiger partial charge in [0, 0.05) is 50.6 Å². The Morgan fingerprint density at radius 1 is 1.08 bits per heavy atom. The van der Waals surface area contributed by atoms with E-state index in [2.05, 4.69) is 10.2 Å². The number of hydrogen-bond donors (Lipinski definition) is 1. The lowest BCUT2D eigenvalue weighted by Gasteiger charge is -2.49. The van der Waals surface area contributed by atoms with Crippen LogP contribution in [0, 0.1) is 5.92 Å². The highest BCUT2D eigenvalue weighted by Crippen LogP contribution is 2.33. The van der Waals surface area contributed by atoms with Crippen LogP contribution in [0.25, 0.3) is 0 Å². The average Bonchev–Trinajstić information content (AvgIpc) is 3.38. The minimum absolute atomic E-state index is 0.0239. The molecule has 0 atom stereocenters. The summed E-state index contributed by atoms with van der Waals surface area (Å²) in [7, 11) is 0. The number of para-hydroxylation sites is 1. The fraction of sp³-hybridized carbons (Fsp3) is 0.632. The third-order valence-corrected chi connectivity index (χ3v) is 5.47. The highest BCUT2D eigenvalue weighted by molar-refractivity contribution is 5.89. The molecule has 130 valence electrons. The molecule has 0 unspecified atom stereocenters. The van der Waals surface area contributed by atoms with Crippen LogP contribution >= 0.6 is 0 Å². The summed E-state index contributed by atoms with van der Waals surface area (Å²) in [6.45, 7) is 4.68. The second-order valence-electron chi connectivity index (χ2n) is 7.34. The molecule has 3 fully saturated rings. The van der Waals surface area contributed by atoms with E-state index in [9.17, 15) is 4.79 Å². The minimum atomic E-state index is 0.0239. The molecule has 0 spiro atoms. The fourth-order valence-electron chi connectivity index (χ4n) is 3.77. The van der Waals surface area contributed by atoms with Crippen molar-refractivity contribution in [1.29, 1.82) is 0 Å². The zero-order valence-electron chi connectivity index (χ0n) is 14.2. The predicted octanol–water partition coefficient (Wildman–Crippen LogP) is 2.79. The first-order valence-corrected chi connectivity index (χ1v) is 9.24. The number of benzene rings is 1. The van der Waals surface area contributed by atoms with E-state index in [-0.39, 0.29) is 6.03 Å². The summed E-state index contributed by atoms with van der Waals surface area (Å²) in [4.78, 5) is 17.0. The van der Waals surface area contributed by atoms with Crippen molar-refractivity contribution in [2.45, 2.75) is 37.8 Å². The van der Waals surface area contributed by atoms with Gasteiger partial charge in [-0.3, -0.25) is 4.90 Å². The molecule has 2 amide bonds. The summed E-state index contributed by atoms with van der Waals surface area (Å²) >= 11 is 0. The Hall–Kier alpha value is -1.59. The van der Waals surface area contributed by atoms with Crippen LogP contribution in [0.3, 0.4) is 0 Å². The van der Waals surface area contributed by atoms with Crippen molar-refractivity contribution in [3.63, 3.8) is 0 Å². The van der Waals surface area contributed by atoms with Crippen LogP contribution in [0.1, 0.15) is 25.7 Å². The molecule has 1 saturated carbocycles. The van der Waals surface area contributed by atoms with E-state index in [1.807, 2.05) is 35.2 Å². The van der Waals surface area contributed by atoms with Crippen molar-refractivity contribution in [1.82, 2.24) is 9.80 Å². The van der Waals surface area contributed by atoms with Crippen molar-refractivity contribution in [2.24, 2.45) is 5.92 Å². The third-order valence-electron chi connectivity index (χ3n) is 5.47. The highest BCUT2D eigenvalue weighted by atomic mass is 16.5. The number of nitrogens with zero attached hydrogens (tertiary/aromatic N) is 2. The lowest BCUT2D eigenvalue weighted by Crippen LogP contribution is -2.64. The normalized spacial score (nSPS) is 22.5. The molecule has 2 aliphatic heterocycles. The van der Waals surface area contributed by atoms with Gasteiger partial charge >= 0.3 is 6.03 Å². The smallest absolute Gasteiger partial charge is 0.321 e. The second kappa shape index (κ2) is 7.11. The lowest BCUT2D eigenvalue weighted by molar-refractivity contribution is -0.0199. The predicted molar refractivity (Wildman–Crippen MR) is 94.1 cm³/mol. The molecule has 1 aromatic carbocycles. The maximum absolute atomic E-state index is 12.4. The summed E-state index contributed by atoms with van der Waals surface area (Å²) in [6.07, 6.45) is 5.04. The van der Waals surface area contributed by atoms with Crippen molar-refractivity contribution < 1.29 is 9.53 Å². The number of carbonyl (C=O) groups is 1. The van der Waals surface area contributed by atoms with Crippen LogP contribution in [-0.4, -0.2) is 60.8 Å². The van der Waals surface area contributed by atoms with Gasteiger partial charge in [-0.1, -0.05) is 18.2 Å². The molecular formula is C19H27N3O2. The van der Waals surface area contributed by atoms with E-state index in [0.29, 0.717) is 12.1 Å². The van der Waals surface area contributed by atoms with Gasteiger partial charge in [0.25, 0.3) is 0 Å². The topological polar surface area (TPSA) is 44.8 Å². The van der Waals surface area contributed by atoms with Gasteiger partial charge in [-0.15, -0.1) is 0 Å². The first-order chi connectivity index (χ1) is 11.8. The Bertz CT molecular complexity index is 549. The van der Waals surface area contributed by atoms with Crippen molar-refractivity contribution in [3.05, 3.63) is 30.3 Å². The number of ether oxygens (including phenoxy) is 1. The molecule has 0 bridgehead atoms. The van der Waals surface area contributed by atoms with Crippen LogP contribution in [-0.2, 0) is 4.74 Å². The number of amides is 2. The molecule has 1 aromatic rings. The largest absolute Gasteiger partial charge is 0.381 e. The Balaban J connectivity index is 1.31. The summed E-state index contributed by atoms with van der Waals surface area (Å²) in [5.41, 5.74) is 0.866. The number of urea groups is 1. The maximum atomic E-state index is 12.4. The Morgan fingerprint density at radius 3 is 2.46 bits per heavy atom. The van der Waals surface area contributed by atoms with E-state index in [1.165, 1.54) is 19.4 Å². The molecule has 2 saturated heterocycles. The average molecular weight is 329 g/mol. The second-order valence-corrected chi connectivity index (χ2v) is 7.34. The quantitative estimate of drug-likeness (QED) is 0.903. The zero-order valence-corrected chi connectivity index (χ0v) is 14.2. The van der Waals surface area contributed by atoms with Crippen LogP contribution in [0.5, 0.6) is 0 Å². The zero-order chi connectivity index (χ0) is 16.4. The lowest BCUT2D eigenvalue weighted by atomic mass is 9.99. The number of nitrogens with one attached hydrogen (secondary N) is 1. The molecule has 4 rings (SSSR count). The van der Waals surface area contributed by atoms with Gasteiger partial charge in [-0.05, 0) is 43.7 Å². The fourth-order valence-corrected chi connectivity index (χ4v) is 3.77. The molecule has 0 aromatic heterocycles. The molecule has 0 radical (unpaired) electrons. The number of rotatable bonds is 5. The van der Waals surface area contributed by atoms with Crippen molar-refractivity contribution in [2.75, 3.05) is 38.2 Å². The highest BCUT2D eigenvalue weighted by Gasteiger charge is 2.40. The standard InChI is InChI=1S/C19H27N3O2/c23-19(20-16-4-2-1-3-5-16)21-13-18(14-21)22(12-15-6-7-15)17-8-10-24-11-9-17/h1-5,15,17-18H,6-14H2,(H,20,23). The number of anilines is 1. The van der Waals surface area contributed by atoms with Crippen LogP contribution in [0.2, 0.25) is 0 Å². The SMILES string of the molecule is O=C(Nc1ccccc1)N1CC(N(CC2CC2)C2CCOCC2)C1. The Kier molecular flexibility index (Phi) is 4.72. The molecule has 1 aliphatic carbocycles. The monoisotopic (exact) mass is 329 g/mol. The minimum Gasteiger partial charge on any atom is -0.381 e. The molecular weight excluding hydrogens is 302 g/mol. The maximum Gasteiger partial charge on any atom is 0.321 e. The van der Waals surface area contributed by atoms with Crippen LogP contribution in [0.15, 0.2) is 30.3 Å². The third kappa shape index (κ3) is 3.73. The van der Waals surface area contributed by atoms with Gasteiger partial charge in [0.2, 0.25) is 0 Å². The molecule has 24 heavy (non-hydrogen) atoms. The summed E-state index contributed by atoms with van der Waals surface area (Å²) < 4.78 is 5.53. The molecule has 2 heterocycles. The molecule has 1 N–H and O–H groups in total. The summed E-state index contributed by atoms with van der Waals surface area (Å²) in [5, 5.41) is 2.98. The van der Waals surface area contributed by atoms with Gasteiger partial charge in [0.05, 0.1) is 0 Å². The molecule has 5 nitrogen and oxygen atoms in total. The van der Waals surface area contributed by atoms with Gasteiger partial charge < -0.3 is 15.0 Å². The number of carbonyl (C=O) groups excluding carboxylic acids is 1. The number of likely N-dealkylation sites (tertiary alicyclic amines) is 1. The number of hydrogen-bond acceptors (Lipinski definition) is 3. The van der Waals surface area contributed by atoms with Gasteiger partial charge in [0.1, 0.15) is 0 Å². The van der Waals surface area contributed by atoms with Gasteiger partial charge in [-0.25, -0.2) is 4.79 Å². The molecule has 5 heteroatoms.